The van der Waals surface area contributed by atoms with Crippen LogP contribution >= 0.6 is 0 Å². The molecule has 0 unspecified atom stereocenters. The van der Waals surface area contributed by atoms with Crippen molar-refractivity contribution in [3.8, 4) is 55.6 Å². The van der Waals surface area contributed by atoms with Gasteiger partial charge < -0.3 is 0 Å². The van der Waals surface area contributed by atoms with Crippen LogP contribution in [-0.2, 0) is 5.41 Å². The van der Waals surface area contributed by atoms with E-state index in [0.717, 1.165) is 0 Å². The molecule has 55 heavy (non-hydrogen) atoms. The Morgan fingerprint density at radius 3 is 1.15 bits per heavy atom. The van der Waals surface area contributed by atoms with Crippen LogP contribution in [0.1, 0.15) is 22.3 Å². The van der Waals surface area contributed by atoms with Crippen molar-refractivity contribution in [1.29, 1.82) is 0 Å². The molecule has 0 heterocycles. The Morgan fingerprint density at radius 1 is 0.218 bits per heavy atom. The molecule has 10 aromatic rings. The van der Waals surface area contributed by atoms with Crippen LogP contribution < -0.4 is 0 Å². The number of fused-ring (bicyclic) bond motifs is 13. The number of hydrogen-bond acceptors (Lipinski definition) is 0. The van der Waals surface area contributed by atoms with Crippen LogP contribution in [0.5, 0.6) is 0 Å². The van der Waals surface area contributed by atoms with Gasteiger partial charge in [-0.25, -0.2) is 0 Å². The minimum atomic E-state index is -0.389. The summed E-state index contributed by atoms with van der Waals surface area (Å²) in [4.78, 5) is 0. The van der Waals surface area contributed by atoms with Gasteiger partial charge in [-0.05, 0) is 116 Å². The Balaban J connectivity index is 1.15. The topological polar surface area (TPSA) is 0 Å². The average Bonchev–Trinajstić information content (AvgIpc) is 3.73. The molecule has 0 radical (unpaired) electrons. The molecule has 10 aromatic carbocycles. The smallest absolute Gasteiger partial charge is 0.0622 e. The molecule has 0 aliphatic heterocycles. The fourth-order valence-electron chi connectivity index (χ4n) is 10.4. The normalized spacial score (nSPS) is 13.2. The van der Waals surface area contributed by atoms with Crippen molar-refractivity contribution < 1.29 is 0 Å². The van der Waals surface area contributed by atoms with Crippen LogP contribution in [0.4, 0.5) is 0 Å². The lowest BCUT2D eigenvalue weighted by Gasteiger charge is -2.31. The molecule has 0 nitrogen and oxygen atoms in total. The highest BCUT2D eigenvalue weighted by atomic mass is 14.5. The Morgan fingerprint density at radius 2 is 0.600 bits per heavy atom. The molecule has 1 spiro atoms. The molecular weight excluding hydrogens is 661 g/mol. The maximum Gasteiger partial charge on any atom is 0.0725 e. The second-order valence-corrected chi connectivity index (χ2v) is 15.1. The highest BCUT2D eigenvalue weighted by Gasteiger charge is 2.51. The fraction of sp³-hybridized carbons (Fsp3) is 0.0182. The van der Waals surface area contributed by atoms with E-state index < -0.39 is 0 Å². The molecular formula is C55H34. The monoisotopic (exact) mass is 694 g/mol. The zero-order valence-electron chi connectivity index (χ0n) is 30.1. The Bertz CT molecular complexity index is 3080. The van der Waals surface area contributed by atoms with Crippen LogP contribution in [0.3, 0.4) is 0 Å². The molecule has 0 aromatic heterocycles. The van der Waals surface area contributed by atoms with Gasteiger partial charge in [-0.15, -0.1) is 0 Å². The molecule has 0 saturated heterocycles. The van der Waals surface area contributed by atoms with Gasteiger partial charge >= 0.3 is 0 Å². The van der Waals surface area contributed by atoms with E-state index in [0.29, 0.717) is 0 Å². The van der Waals surface area contributed by atoms with Crippen LogP contribution in [0.25, 0.3) is 88.0 Å². The third-order valence-electron chi connectivity index (χ3n) is 12.5. The van der Waals surface area contributed by atoms with Crippen molar-refractivity contribution in [2.24, 2.45) is 0 Å². The van der Waals surface area contributed by atoms with E-state index >= 15 is 0 Å². The van der Waals surface area contributed by atoms with Gasteiger partial charge in [-0.2, -0.15) is 0 Å². The summed E-state index contributed by atoms with van der Waals surface area (Å²) >= 11 is 0. The van der Waals surface area contributed by atoms with Gasteiger partial charge in [0.25, 0.3) is 0 Å². The third kappa shape index (κ3) is 4.06. The second-order valence-electron chi connectivity index (χ2n) is 15.1. The van der Waals surface area contributed by atoms with Crippen molar-refractivity contribution in [3.05, 3.63) is 229 Å². The van der Waals surface area contributed by atoms with Crippen molar-refractivity contribution in [3.63, 3.8) is 0 Å². The van der Waals surface area contributed by atoms with Crippen molar-refractivity contribution in [1.82, 2.24) is 0 Å². The van der Waals surface area contributed by atoms with E-state index in [1.165, 1.54) is 110 Å². The molecule has 254 valence electrons. The quantitative estimate of drug-likeness (QED) is 0.162. The predicted octanol–water partition coefficient (Wildman–Crippen LogP) is 14.5. The summed E-state index contributed by atoms with van der Waals surface area (Å²) in [7, 11) is 0. The van der Waals surface area contributed by atoms with Gasteiger partial charge in [-0.1, -0.05) is 200 Å². The lowest BCUT2D eigenvalue weighted by atomic mass is 9.70. The molecule has 0 saturated carbocycles. The van der Waals surface area contributed by atoms with E-state index in [1.54, 1.807) is 0 Å². The summed E-state index contributed by atoms with van der Waals surface area (Å²) in [5.74, 6) is 0. The molecule has 0 heteroatoms. The molecule has 2 aliphatic rings. The van der Waals surface area contributed by atoms with Crippen LogP contribution in [-0.4, -0.2) is 0 Å². The van der Waals surface area contributed by atoms with Gasteiger partial charge in [0.05, 0.1) is 5.41 Å². The largest absolute Gasteiger partial charge is 0.0725 e. The summed E-state index contributed by atoms with van der Waals surface area (Å²) in [5, 5.41) is 7.60. The molecule has 2 aliphatic carbocycles. The highest BCUT2D eigenvalue weighted by molar-refractivity contribution is 6.24. The highest BCUT2D eigenvalue weighted by Crippen LogP contribution is 2.63. The van der Waals surface area contributed by atoms with Gasteiger partial charge in [-0.3, -0.25) is 0 Å². The average molecular weight is 695 g/mol. The van der Waals surface area contributed by atoms with Crippen molar-refractivity contribution in [2.75, 3.05) is 0 Å². The molecule has 0 atom stereocenters. The standard InChI is InChI=1S/C55H34/c1-2-16-35(17-3-1)37-32-33-48(39-19-5-4-18-38(37)39)54-46-25-8-6-23-44(46)53(45-24-7-9-26-47(45)54)36-30-31-43-42-22-12-15-29-51(42)55(52(43)34-36)49-27-13-10-20-40(49)41-21-11-14-28-50(41)55/h1-34H. The second kappa shape index (κ2) is 11.5. The first-order chi connectivity index (χ1) is 27.3. The minimum Gasteiger partial charge on any atom is -0.0622 e. The van der Waals surface area contributed by atoms with Crippen molar-refractivity contribution in [2.45, 2.75) is 5.41 Å². The third-order valence-corrected chi connectivity index (χ3v) is 12.5. The summed E-state index contributed by atoms with van der Waals surface area (Å²) in [6.07, 6.45) is 0. The van der Waals surface area contributed by atoms with Crippen molar-refractivity contribution >= 4 is 32.3 Å². The van der Waals surface area contributed by atoms with Gasteiger partial charge in [0.1, 0.15) is 0 Å². The lowest BCUT2D eigenvalue weighted by Crippen LogP contribution is -2.25. The van der Waals surface area contributed by atoms with E-state index in [2.05, 4.69) is 206 Å². The van der Waals surface area contributed by atoms with Gasteiger partial charge in [0, 0.05) is 0 Å². The van der Waals surface area contributed by atoms with Crippen LogP contribution in [0.2, 0.25) is 0 Å². The maximum absolute atomic E-state index is 2.53. The van der Waals surface area contributed by atoms with E-state index in [9.17, 15) is 0 Å². The lowest BCUT2D eigenvalue weighted by molar-refractivity contribution is 0.794. The Kier molecular flexibility index (Phi) is 6.36. The Hall–Kier alpha value is -7.02. The van der Waals surface area contributed by atoms with Gasteiger partial charge in [0.15, 0.2) is 0 Å². The Labute approximate surface area is 320 Å². The molecule has 12 rings (SSSR count). The van der Waals surface area contributed by atoms with E-state index in [-0.39, 0.29) is 5.41 Å². The molecule has 0 N–H and O–H groups in total. The zero-order chi connectivity index (χ0) is 36.1. The number of rotatable bonds is 3. The van der Waals surface area contributed by atoms with Crippen LogP contribution in [0.15, 0.2) is 206 Å². The van der Waals surface area contributed by atoms with Crippen LogP contribution in [0, 0.1) is 0 Å². The SMILES string of the molecule is c1ccc(-c2ccc(-c3c4ccccc4c(-c4ccc5c(c4)C4(c6ccccc6-c6ccccc64)c4ccccc4-5)c4ccccc34)c3ccccc23)cc1. The minimum absolute atomic E-state index is 0.389. The maximum atomic E-state index is 2.53. The predicted molar refractivity (Wildman–Crippen MR) is 232 cm³/mol. The fourth-order valence-corrected chi connectivity index (χ4v) is 10.4. The summed E-state index contributed by atoms with van der Waals surface area (Å²) in [6, 6.07) is 77.0. The van der Waals surface area contributed by atoms with Gasteiger partial charge in [0.2, 0.25) is 0 Å². The van der Waals surface area contributed by atoms with E-state index in [4.69, 9.17) is 0 Å². The first-order valence-electron chi connectivity index (χ1n) is 19.3. The molecule has 0 fully saturated rings. The number of hydrogen-bond donors (Lipinski definition) is 0. The zero-order valence-corrected chi connectivity index (χ0v) is 30.1. The first-order valence-corrected chi connectivity index (χ1v) is 19.3. The summed E-state index contributed by atoms with van der Waals surface area (Å²) in [5.41, 5.74) is 18.0. The number of benzene rings is 10. The summed E-state index contributed by atoms with van der Waals surface area (Å²) < 4.78 is 0. The molecule has 0 amide bonds. The first kappa shape index (κ1) is 30.4. The van der Waals surface area contributed by atoms with E-state index in [1.807, 2.05) is 0 Å². The summed E-state index contributed by atoms with van der Waals surface area (Å²) in [6.45, 7) is 0. The molecule has 0 bridgehead atoms.